The quantitative estimate of drug-likeness (QED) is 0.534. The Labute approximate surface area is 213 Å². The molecule has 2 aromatic rings. The standard InChI is InChI=1S/C29H36N2O5/c1-7-15-31-24-13-10-21(30-19(3)33)17-23(24)29(27(31)34)18(2)26(25(36-29)14-16-32)28(4,5)20-8-11-22(35-6)12-9-20/h7-13,17-18,25-26,32H,1,14-16H2,2-6H3,(H,30,33)/t18-,25+,26-,29+/m1/s1. The van der Waals surface area contributed by atoms with Crippen LogP contribution in [0.15, 0.2) is 55.1 Å². The Kier molecular flexibility index (Phi) is 6.99. The van der Waals surface area contributed by atoms with Crippen LogP contribution in [0.5, 0.6) is 5.75 Å². The van der Waals surface area contributed by atoms with Crippen LogP contribution in [0.2, 0.25) is 0 Å². The van der Waals surface area contributed by atoms with Crippen LogP contribution in [0.25, 0.3) is 0 Å². The summed E-state index contributed by atoms with van der Waals surface area (Å²) < 4.78 is 12.1. The molecule has 0 saturated carbocycles. The normalized spacial score (nSPS) is 25.2. The molecule has 2 aromatic carbocycles. The Morgan fingerprint density at radius 3 is 2.56 bits per heavy atom. The van der Waals surface area contributed by atoms with Crippen molar-refractivity contribution in [1.29, 1.82) is 0 Å². The van der Waals surface area contributed by atoms with Crippen molar-refractivity contribution in [3.05, 3.63) is 66.2 Å². The Balaban J connectivity index is 1.86. The summed E-state index contributed by atoms with van der Waals surface area (Å²) in [5.41, 5.74) is 1.60. The van der Waals surface area contributed by atoms with Gasteiger partial charge in [-0.15, -0.1) is 6.58 Å². The van der Waals surface area contributed by atoms with E-state index >= 15 is 0 Å². The predicted molar refractivity (Wildman–Crippen MR) is 140 cm³/mol. The van der Waals surface area contributed by atoms with Crippen molar-refractivity contribution in [1.82, 2.24) is 0 Å². The molecule has 2 heterocycles. The minimum Gasteiger partial charge on any atom is -0.497 e. The summed E-state index contributed by atoms with van der Waals surface area (Å²) in [6.07, 6.45) is 1.75. The van der Waals surface area contributed by atoms with Crippen molar-refractivity contribution < 1.29 is 24.2 Å². The highest BCUT2D eigenvalue weighted by atomic mass is 16.5. The zero-order valence-electron chi connectivity index (χ0n) is 21.7. The maximum Gasteiger partial charge on any atom is 0.264 e. The summed E-state index contributed by atoms with van der Waals surface area (Å²) in [6.45, 7) is 12.0. The number of nitrogens with zero attached hydrogens (tertiary/aromatic N) is 1. The van der Waals surface area contributed by atoms with E-state index in [1.807, 2.05) is 24.3 Å². The smallest absolute Gasteiger partial charge is 0.264 e. The second-order valence-corrected chi connectivity index (χ2v) is 10.3. The van der Waals surface area contributed by atoms with Crippen molar-refractivity contribution in [2.45, 2.75) is 51.2 Å². The van der Waals surface area contributed by atoms with Gasteiger partial charge in [0.05, 0.1) is 18.9 Å². The number of fused-ring (bicyclic) bond motifs is 2. The van der Waals surface area contributed by atoms with Gasteiger partial charge in [-0.3, -0.25) is 9.59 Å². The molecule has 0 unspecified atom stereocenters. The first-order chi connectivity index (χ1) is 17.1. The van der Waals surface area contributed by atoms with Gasteiger partial charge in [0.15, 0.2) is 5.60 Å². The van der Waals surface area contributed by atoms with Crippen LogP contribution in [-0.2, 0) is 25.3 Å². The third-order valence-corrected chi connectivity index (χ3v) is 7.88. The van der Waals surface area contributed by atoms with Crippen LogP contribution < -0.4 is 15.0 Å². The van der Waals surface area contributed by atoms with Crippen LogP contribution in [0.1, 0.15) is 45.2 Å². The average molecular weight is 493 g/mol. The van der Waals surface area contributed by atoms with E-state index in [0.29, 0.717) is 18.7 Å². The fourth-order valence-corrected chi connectivity index (χ4v) is 6.30. The topological polar surface area (TPSA) is 88.1 Å². The van der Waals surface area contributed by atoms with E-state index in [1.165, 1.54) is 6.92 Å². The maximum atomic E-state index is 14.1. The molecule has 7 heteroatoms. The monoisotopic (exact) mass is 492 g/mol. The number of benzene rings is 2. The fourth-order valence-electron chi connectivity index (χ4n) is 6.30. The molecule has 0 aromatic heterocycles. The van der Waals surface area contributed by atoms with Gasteiger partial charge in [0.2, 0.25) is 5.91 Å². The van der Waals surface area contributed by atoms with Gasteiger partial charge >= 0.3 is 0 Å². The highest BCUT2D eigenvalue weighted by Gasteiger charge is 2.65. The van der Waals surface area contributed by atoms with Gasteiger partial charge in [0.1, 0.15) is 5.75 Å². The molecule has 0 bridgehead atoms. The molecular weight excluding hydrogens is 456 g/mol. The fraction of sp³-hybridized carbons (Fsp3) is 0.448. The summed E-state index contributed by atoms with van der Waals surface area (Å²) in [5, 5.41) is 12.8. The molecule has 1 fully saturated rings. The SMILES string of the molecule is C=CCN1C(=O)[C@@]2(O[C@@H](CCO)[C@H](C(C)(C)c3ccc(OC)cc3)[C@H]2C)c2cc(NC(C)=O)ccc21. The summed E-state index contributed by atoms with van der Waals surface area (Å²) in [5.74, 6) is 0.149. The molecule has 2 aliphatic heterocycles. The zero-order valence-corrected chi connectivity index (χ0v) is 21.7. The number of ether oxygens (including phenoxy) is 2. The first-order valence-electron chi connectivity index (χ1n) is 12.4. The van der Waals surface area contributed by atoms with Crippen molar-refractivity contribution >= 4 is 23.2 Å². The zero-order chi connectivity index (χ0) is 26.3. The lowest BCUT2D eigenvalue weighted by molar-refractivity contribution is -0.146. The van der Waals surface area contributed by atoms with E-state index < -0.39 is 5.60 Å². The molecule has 1 spiro atoms. The number of aliphatic hydroxyl groups excluding tert-OH is 1. The lowest BCUT2D eigenvalue weighted by Crippen LogP contribution is -2.46. The highest BCUT2D eigenvalue weighted by Crippen LogP contribution is 2.59. The molecule has 192 valence electrons. The van der Waals surface area contributed by atoms with E-state index in [1.54, 1.807) is 24.2 Å². The number of hydrogen-bond acceptors (Lipinski definition) is 5. The molecule has 0 radical (unpaired) electrons. The molecule has 2 amide bonds. The molecule has 7 nitrogen and oxygen atoms in total. The van der Waals surface area contributed by atoms with Crippen molar-refractivity contribution in [2.75, 3.05) is 30.5 Å². The number of methoxy groups -OCH3 is 1. The Morgan fingerprint density at radius 1 is 1.28 bits per heavy atom. The van der Waals surface area contributed by atoms with Gasteiger partial charge in [-0.1, -0.05) is 39.0 Å². The predicted octanol–water partition coefficient (Wildman–Crippen LogP) is 4.39. The van der Waals surface area contributed by atoms with Crippen LogP contribution in [0, 0.1) is 11.8 Å². The number of aliphatic hydroxyl groups is 1. The van der Waals surface area contributed by atoms with Crippen molar-refractivity contribution in [2.24, 2.45) is 11.8 Å². The second kappa shape index (κ2) is 9.71. The molecule has 4 rings (SSSR count). The van der Waals surface area contributed by atoms with E-state index in [4.69, 9.17) is 9.47 Å². The molecule has 2 N–H and O–H groups in total. The van der Waals surface area contributed by atoms with E-state index in [0.717, 1.165) is 22.6 Å². The van der Waals surface area contributed by atoms with E-state index in [2.05, 4.69) is 44.8 Å². The third kappa shape index (κ3) is 4.00. The van der Waals surface area contributed by atoms with Crippen LogP contribution in [0.4, 0.5) is 11.4 Å². The van der Waals surface area contributed by atoms with Gasteiger partial charge in [-0.05, 0) is 47.7 Å². The Bertz CT molecular complexity index is 1160. The lowest BCUT2D eigenvalue weighted by atomic mass is 9.63. The summed E-state index contributed by atoms with van der Waals surface area (Å²) in [6, 6.07) is 13.5. The van der Waals surface area contributed by atoms with Gasteiger partial charge in [0.25, 0.3) is 5.91 Å². The minimum absolute atomic E-state index is 0.0496. The van der Waals surface area contributed by atoms with E-state index in [-0.39, 0.29) is 41.8 Å². The molecule has 1 saturated heterocycles. The molecule has 4 atom stereocenters. The number of anilines is 2. The number of nitrogens with one attached hydrogen (secondary N) is 1. The van der Waals surface area contributed by atoms with Crippen molar-refractivity contribution in [3.63, 3.8) is 0 Å². The van der Waals surface area contributed by atoms with Gasteiger partial charge in [-0.25, -0.2) is 0 Å². The minimum atomic E-state index is -1.24. The number of amides is 2. The Hall–Kier alpha value is -3.16. The number of rotatable bonds is 8. The molecular formula is C29H36N2O5. The largest absolute Gasteiger partial charge is 0.497 e. The average Bonchev–Trinajstić information content (AvgIpc) is 3.26. The van der Waals surface area contributed by atoms with E-state index in [9.17, 15) is 14.7 Å². The van der Waals surface area contributed by atoms with Crippen LogP contribution >= 0.6 is 0 Å². The third-order valence-electron chi connectivity index (χ3n) is 7.88. The van der Waals surface area contributed by atoms with Crippen molar-refractivity contribution in [3.8, 4) is 5.75 Å². The highest BCUT2D eigenvalue weighted by molar-refractivity contribution is 6.08. The van der Waals surface area contributed by atoms with Gasteiger partial charge in [0, 0.05) is 43.2 Å². The molecule has 0 aliphatic carbocycles. The summed E-state index contributed by atoms with van der Waals surface area (Å²) in [4.78, 5) is 27.6. The summed E-state index contributed by atoms with van der Waals surface area (Å²) >= 11 is 0. The van der Waals surface area contributed by atoms with Gasteiger partial charge < -0.3 is 24.8 Å². The first kappa shape index (κ1) is 25.9. The summed E-state index contributed by atoms with van der Waals surface area (Å²) in [7, 11) is 1.64. The maximum absolute atomic E-state index is 14.1. The lowest BCUT2D eigenvalue weighted by Gasteiger charge is -2.38. The van der Waals surface area contributed by atoms with Gasteiger partial charge in [-0.2, -0.15) is 0 Å². The second-order valence-electron chi connectivity index (χ2n) is 10.3. The molecule has 36 heavy (non-hydrogen) atoms. The first-order valence-corrected chi connectivity index (χ1v) is 12.4. The number of hydrogen-bond donors (Lipinski definition) is 2. The number of carbonyl (C=O) groups excluding carboxylic acids is 2. The number of carbonyl (C=O) groups is 2. The van der Waals surface area contributed by atoms with Crippen LogP contribution in [-0.4, -0.2) is 43.3 Å². The Morgan fingerprint density at radius 2 is 1.97 bits per heavy atom. The van der Waals surface area contributed by atoms with Crippen LogP contribution in [0.3, 0.4) is 0 Å². The molecule has 2 aliphatic rings.